The first-order chi connectivity index (χ1) is 8.72. The lowest BCUT2D eigenvalue weighted by Gasteiger charge is -2.27. The molecule has 18 heavy (non-hydrogen) atoms. The summed E-state index contributed by atoms with van der Waals surface area (Å²) in [5.41, 5.74) is 0.925. The highest BCUT2D eigenvalue weighted by molar-refractivity contribution is 5.45. The van der Waals surface area contributed by atoms with Crippen LogP contribution in [0.4, 0.5) is 5.82 Å². The summed E-state index contributed by atoms with van der Waals surface area (Å²) < 4.78 is 1.72. The first-order valence-electron chi connectivity index (χ1n) is 6.34. The highest BCUT2D eigenvalue weighted by Crippen LogP contribution is 2.22. The molecule has 1 aliphatic carbocycles. The summed E-state index contributed by atoms with van der Waals surface area (Å²) in [6.07, 6.45) is 5.08. The number of nitrogens with one attached hydrogen (secondary N) is 1. The van der Waals surface area contributed by atoms with Crippen molar-refractivity contribution in [1.82, 2.24) is 19.6 Å². The van der Waals surface area contributed by atoms with Gasteiger partial charge in [0.1, 0.15) is 12.1 Å². The van der Waals surface area contributed by atoms with Crippen LogP contribution in [0.2, 0.25) is 0 Å². The third-order valence-corrected chi connectivity index (χ3v) is 3.43. The predicted octanol–water partition coefficient (Wildman–Crippen LogP) is 1.15. The second-order valence-electron chi connectivity index (χ2n) is 4.90. The van der Waals surface area contributed by atoms with Crippen LogP contribution < -0.4 is 5.32 Å². The molecule has 3 rings (SSSR count). The molecule has 0 aliphatic heterocycles. The van der Waals surface area contributed by atoms with Crippen LogP contribution in [0.15, 0.2) is 12.4 Å². The van der Waals surface area contributed by atoms with E-state index < -0.39 is 0 Å². The van der Waals surface area contributed by atoms with Crippen molar-refractivity contribution < 1.29 is 5.11 Å². The monoisotopic (exact) mass is 247 g/mol. The van der Waals surface area contributed by atoms with Crippen molar-refractivity contribution in [1.29, 1.82) is 0 Å². The molecule has 1 aliphatic rings. The lowest BCUT2D eigenvalue weighted by atomic mass is 9.93. The largest absolute Gasteiger partial charge is 0.393 e. The maximum Gasteiger partial charge on any atom is 0.254 e. The second kappa shape index (κ2) is 4.53. The van der Waals surface area contributed by atoms with Gasteiger partial charge in [0.25, 0.3) is 5.78 Å². The summed E-state index contributed by atoms with van der Waals surface area (Å²) in [5, 5.41) is 17.2. The topological polar surface area (TPSA) is 75.3 Å². The SMILES string of the molecule is Cc1cc(NC2CCC(O)CC2)n2ncnc2n1. The Hall–Kier alpha value is -1.69. The molecular weight excluding hydrogens is 230 g/mol. The van der Waals surface area contributed by atoms with E-state index in [-0.39, 0.29) is 6.10 Å². The molecule has 0 aromatic carbocycles. The van der Waals surface area contributed by atoms with Crippen molar-refractivity contribution in [3.05, 3.63) is 18.1 Å². The first-order valence-corrected chi connectivity index (χ1v) is 6.34. The molecule has 96 valence electrons. The fourth-order valence-corrected chi connectivity index (χ4v) is 2.46. The number of anilines is 1. The van der Waals surface area contributed by atoms with Gasteiger partial charge >= 0.3 is 0 Å². The summed E-state index contributed by atoms with van der Waals surface area (Å²) in [7, 11) is 0. The molecular formula is C12H17N5O. The van der Waals surface area contributed by atoms with Gasteiger partial charge in [-0.3, -0.25) is 0 Å². The van der Waals surface area contributed by atoms with Gasteiger partial charge in [-0.1, -0.05) is 0 Å². The molecule has 0 atom stereocenters. The summed E-state index contributed by atoms with van der Waals surface area (Å²) in [5.74, 6) is 1.55. The first kappa shape index (κ1) is 11.4. The van der Waals surface area contributed by atoms with Gasteiger partial charge < -0.3 is 10.4 Å². The minimum Gasteiger partial charge on any atom is -0.393 e. The number of nitrogens with zero attached hydrogens (tertiary/aromatic N) is 4. The van der Waals surface area contributed by atoms with Crippen molar-refractivity contribution in [2.75, 3.05) is 5.32 Å². The van der Waals surface area contributed by atoms with E-state index >= 15 is 0 Å². The van der Waals surface area contributed by atoms with Gasteiger partial charge in [-0.2, -0.15) is 14.6 Å². The van der Waals surface area contributed by atoms with E-state index in [1.807, 2.05) is 13.0 Å². The molecule has 2 N–H and O–H groups in total. The summed E-state index contributed by atoms with van der Waals surface area (Å²) in [6.45, 7) is 1.95. The molecule has 0 spiro atoms. The minimum absolute atomic E-state index is 0.131. The lowest BCUT2D eigenvalue weighted by molar-refractivity contribution is 0.126. The maximum absolute atomic E-state index is 9.51. The van der Waals surface area contributed by atoms with Gasteiger partial charge in [0.2, 0.25) is 0 Å². The van der Waals surface area contributed by atoms with E-state index in [2.05, 4.69) is 20.4 Å². The zero-order valence-corrected chi connectivity index (χ0v) is 10.4. The molecule has 0 unspecified atom stereocenters. The van der Waals surface area contributed by atoms with Gasteiger partial charge in [0.05, 0.1) is 6.10 Å². The number of aromatic nitrogens is 4. The van der Waals surface area contributed by atoms with Crippen LogP contribution in [0.3, 0.4) is 0 Å². The van der Waals surface area contributed by atoms with Gasteiger partial charge in [0, 0.05) is 17.8 Å². The molecule has 0 saturated heterocycles. The Morgan fingerprint density at radius 2 is 2.11 bits per heavy atom. The number of rotatable bonds is 2. The van der Waals surface area contributed by atoms with Crippen molar-refractivity contribution in [3.63, 3.8) is 0 Å². The maximum atomic E-state index is 9.51. The number of hydrogen-bond acceptors (Lipinski definition) is 5. The Morgan fingerprint density at radius 1 is 1.33 bits per heavy atom. The predicted molar refractivity (Wildman–Crippen MR) is 67.4 cm³/mol. The Kier molecular flexibility index (Phi) is 2.87. The Labute approximate surface area is 105 Å². The molecule has 2 aromatic rings. The van der Waals surface area contributed by atoms with Crippen LogP contribution in [-0.4, -0.2) is 36.8 Å². The van der Waals surface area contributed by atoms with Crippen molar-refractivity contribution >= 4 is 11.6 Å². The third-order valence-electron chi connectivity index (χ3n) is 3.43. The number of aliphatic hydroxyl groups excluding tert-OH is 1. The number of aryl methyl sites for hydroxylation is 1. The Balaban J connectivity index is 1.83. The van der Waals surface area contributed by atoms with Crippen LogP contribution in [0.1, 0.15) is 31.4 Å². The van der Waals surface area contributed by atoms with E-state index in [1.54, 1.807) is 4.52 Å². The van der Waals surface area contributed by atoms with Crippen LogP contribution >= 0.6 is 0 Å². The molecule has 1 fully saturated rings. The Morgan fingerprint density at radius 3 is 2.89 bits per heavy atom. The standard InChI is InChI=1S/C12H17N5O/c1-8-6-11(17-12(15-8)13-7-14-17)16-9-2-4-10(18)5-3-9/h6-7,9-10,16,18H,2-5H2,1H3. The zero-order valence-electron chi connectivity index (χ0n) is 10.4. The van der Waals surface area contributed by atoms with E-state index in [0.717, 1.165) is 37.2 Å². The highest BCUT2D eigenvalue weighted by Gasteiger charge is 2.20. The quantitative estimate of drug-likeness (QED) is 0.832. The highest BCUT2D eigenvalue weighted by atomic mass is 16.3. The van der Waals surface area contributed by atoms with Crippen LogP contribution in [-0.2, 0) is 0 Å². The number of hydrogen-bond donors (Lipinski definition) is 2. The summed E-state index contributed by atoms with van der Waals surface area (Å²) in [6, 6.07) is 2.37. The fraction of sp³-hybridized carbons (Fsp3) is 0.583. The molecule has 0 bridgehead atoms. The molecule has 6 nitrogen and oxygen atoms in total. The third kappa shape index (κ3) is 2.15. The average Bonchev–Trinajstić information content (AvgIpc) is 2.80. The van der Waals surface area contributed by atoms with Gasteiger partial charge in [0.15, 0.2) is 0 Å². The number of aliphatic hydroxyl groups is 1. The van der Waals surface area contributed by atoms with Crippen LogP contribution in [0.5, 0.6) is 0 Å². The zero-order chi connectivity index (χ0) is 12.5. The van der Waals surface area contributed by atoms with Gasteiger partial charge in [-0.05, 0) is 32.6 Å². The van der Waals surface area contributed by atoms with Crippen molar-refractivity contribution in [2.45, 2.75) is 44.8 Å². The molecule has 0 amide bonds. The van der Waals surface area contributed by atoms with E-state index in [9.17, 15) is 5.11 Å². The normalized spacial score (nSPS) is 24.3. The lowest BCUT2D eigenvalue weighted by Crippen LogP contribution is -2.29. The van der Waals surface area contributed by atoms with Gasteiger partial charge in [-0.25, -0.2) is 4.98 Å². The molecule has 2 aromatic heterocycles. The second-order valence-corrected chi connectivity index (χ2v) is 4.90. The molecule has 6 heteroatoms. The van der Waals surface area contributed by atoms with E-state index in [4.69, 9.17) is 0 Å². The average molecular weight is 247 g/mol. The smallest absolute Gasteiger partial charge is 0.254 e. The van der Waals surface area contributed by atoms with Crippen molar-refractivity contribution in [2.24, 2.45) is 0 Å². The molecule has 0 radical (unpaired) electrons. The van der Waals surface area contributed by atoms with E-state index in [1.165, 1.54) is 6.33 Å². The fourth-order valence-electron chi connectivity index (χ4n) is 2.46. The Bertz CT molecular complexity index is 544. The van der Waals surface area contributed by atoms with Crippen LogP contribution in [0, 0.1) is 6.92 Å². The summed E-state index contributed by atoms with van der Waals surface area (Å²) in [4.78, 5) is 8.42. The van der Waals surface area contributed by atoms with Crippen LogP contribution in [0.25, 0.3) is 5.78 Å². The molecule has 2 heterocycles. The minimum atomic E-state index is -0.131. The van der Waals surface area contributed by atoms with Gasteiger partial charge in [-0.15, -0.1) is 0 Å². The number of fused-ring (bicyclic) bond motifs is 1. The summed E-state index contributed by atoms with van der Waals surface area (Å²) >= 11 is 0. The van der Waals surface area contributed by atoms with Crippen molar-refractivity contribution in [3.8, 4) is 0 Å². The van der Waals surface area contributed by atoms with E-state index in [0.29, 0.717) is 11.8 Å². The molecule has 1 saturated carbocycles.